The minimum atomic E-state index is -2.28. The van der Waals surface area contributed by atoms with Gasteiger partial charge in [-0.05, 0) is 63.0 Å². The van der Waals surface area contributed by atoms with Crippen molar-refractivity contribution in [3.05, 3.63) is 35.6 Å². The molecular formula is C21H34FNO4Si. The molecule has 7 heteroatoms. The quantitative estimate of drug-likeness (QED) is 0.514. The first-order valence-electron chi connectivity index (χ1n) is 9.52. The van der Waals surface area contributed by atoms with Crippen molar-refractivity contribution in [1.82, 2.24) is 5.32 Å². The number of nitrogens with one attached hydrogen (secondary N) is 1. The van der Waals surface area contributed by atoms with Gasteiger partial charge >= 0.3 is 6.09 Å². The molecule has 0 aliphatic heterocycles. The number of amides is 1. The van der Waals surface area contributed by atoms with E-state index in [1.807, 2.05) is 13.1 Å². The molecule has 1 amide bonds. The third-order valence-electron chi connectivity index (χ3n) is 4.81. The molecule has 158 valence electrons. The molecule has 1 aromatic rings. The second kappa shape index (κ2) is 9.18. The molecule has 1 rings (SSSR count). The molecule has 5 nitrogen and oxygen atoms in total. The highest BCUT2D eigenvalue weighted by molar-refractivity contribution is 6.74. The number of alkyl carbamates (subject to hydrolysis) is 1. The average molecular weight is 412 g/mol. The second-order valence-corrected chi connectivity index (χ2v) is 14.3. The fourth-order valence-corrected chi connectivity index (χ4v) is 3.60. The van der Waals surface area contributed by atoms with E-state index in [-0.39, 0.29) is 17.3 Å². The molecule has 0 fully saturated rings. The van der Waals surface area contributed by atoms with Crippen LogP contribution in [0, 0.1) is 5.82 Å². The van der Waals surface area contributed by atoms with Crippen LogP contribution in [0.15, 0.2) is 24.3 Å². The highest BCUT2D eigenvalue weighted by Gasteiger charge is 2.41. The maximum atomic E-state index is 13.6. The first kappa shape index (κ1) is 24.3. The van der Waals surface area contributed by atoms with Crippen molar-refractivity contribution >= 4 is 20.7 Å². The lowest BCUT2D eigenvalue weighted by Gasteiger charge is -2.40. The Bertz CT molecular complexity index is 680. The summed E-state index contributed by atoms with van der Waals surface area (Å²) in [5, 5.41) is 2.64. The zero-order valence-corrected chi connectivity index (χ0v) is 19.3. The third-order valence-corrected chi connectivity index (χ3v) is 9.29. The van der Waals surface area contributed by atoms with Gasteiger partial charge < -0.3 is 19.3 Å². The molecule has 1 aromatic carbocycles. The highest BCUT2D eigenvalue weighted by Crippen LogP contribution is 2.37. The topological polar surface area (TPSA) is 64.6 Å². The summed E-state index contributed by atoms with van der Waals surface area (Å²) in [5.41, 5.74) is -0.0171. The van der Waals surface area contributed by atoms with Crippen LogP contribution in [-0.4, -0.2) is 38.4 Å². The van der Waals surface area contributed by atoms with Crippen LogP contribution in [0.3, 0.4) is 0 Å². The summed E-state index contributed by atoms with van der Waals surface area (Å²) in [5.74, 6) is -0.374. The Morgan fingerprint density at radius 1 is 1.21 bits per heavy atom. The molecule has 28 heavy (non-hydrogen) atoms. The van der Waals surface area contributed by atoms with Crippen molar-refractivity contribution in [1.29, 1.82) is 0 Å². The van der Waals surface area contributed by atoms with E-state index in [0.29, 0.717) is 11.8 Å². The van der Waals surface area contributed by atoms with Gasteiger partial charge in [0.25, 0.3) is 0 Å². The monoisotopic (exact) mass is 411 g/mol. The molecule has 0 saturated heterocycles. The van der Waals surface area contributed by atoms with Crippen LogP contribution in [0.25, 0.3) is 0 Å². The van der Waals surface area contributed by atoms with Crippen molar-refractivity contribution < 1.29 is 23.1 Å². The van der Waals surface area contributed by atoms with Gasteiger partial charge in [0, 0.05) is 0 Å². The van der Waals surface area contributed by atoms with Gasteiger partial charge in [0.1, 0.15) is 23.8 Å². The van der Waals surface area contributed by atoms with E-state index in [1.165, 1.54) is 12.1 Å². The molecule has 0 aliphatic carbocycles. The molecule has 0 saturated carbocycles. The van der Waals surface area contributed by atoms with Gasteiger partial charge in [-0.15, -0.1) is 0 Å². The van der Waals surface area contributed by atoms with Gasteiger partial charge in [0.15, 0.2) is 8.32 Å². The lowest BCUT2D eigenvalue weighted by atomic mass is 10.0. The Hall–Kier alpha value is -1.73. The van der Waals surface area contributed by atoms with Gasteiger partial charge in [-0.25, -0.2) is 9.18 Å². The predicted molar refractivity (Wildman–Crippen MR) is 111 cm³/mol. The number of hydrogen-bond acceptors (Lipinski definition) is 4. The maximum absolute atomic E-state index is 13.6. The lowest BCUT2D eigenvalue weighted by Crippen LogP contribution is -2.53. The number of carbonyl (C=O) groups is 2. The van der Waals surface area contributed by atoms with E-state index >= 15 is 0 Å². The van der Waals surface area contributed by atoms with Crippen molar-refractivity contribution in [3.63, 3.8) is 0 Å². The van der Waals surface area contributed by atoms with E-state index in [2.05, 4.69) is 26.1 Å². The summed E-state index contributed by atoms with van der Waals surface area (Å²) in [6.45, 7) is 15.6. The molecule has 0 radical (unpaired) electrons. The largest absolute Gasteiger partial charge is 0.444 e. The van der Waals surface area contributed by atoms with Crippen LogP contribution >= 0.6 is 0 Å². The summed E-state index contributed by atoms with van der Waals surface area (Å²) in [7, 11) is -2.28. The SMILES string of the molecule is CC(C)(C)OC(=O)N[C@@H](Cc1cccc(F)c1)[C@@H](C=O)O[Si](C)(C)C(C)(C)C. The number of carbonyl (C=O) groups excluding carboxylic acids is 2. The highest BCUT2D eigenvalue weighted by atomic mass is 28.4. The molecule has 1 N–H and O–H groups in total. The first-order valence-corrected chi connectivity index (χ1v) is 12.4. The van der Waals surface area contributed by atoms with Crippen LogP contribution in [-0.2, 0) is 20.4 Å². The smallest absolute Gasteiger partial charge is 0.407 e. The fraction of sp³-hybridized carbons (Fsp3) is 0.619. The molecule has 0 heterocycles. The summed E-state index contributed by atoms with van der Waals surface area (Å²) >= 11 is 0. The Balaban J connectivity index is 3.12. The minimum absolute atomic E-state index is 0.108. The van der Waals surface area contributed by atoms with Crippen LogP contribution in [0.4, 0.5) is 9.18 Å². The molecule has 2 atom stereocenters. The molecular weight excluding hydrogens is 377 g/mol. The van der Waals surface area contributed by atoms with Gasteiger partial charge in [0.2, 0.25) is 0 Å². The molecule has 0 unspecified atom stereocenters. The number of rotatable bonds is 7. The van der Waals surface area contributed by atoms with Crippen molar-refractivity contribution in [3.8, 4) is 0 Å². The van der Waals surface area contributed by atoms with E-state index in [9.17, 15) is 14.0 Å². The minimum Gasteiger partial charge on any atom is -0.444 e. The molecule has 0 aromatic heterocycles. The predicted octanol–water partition coefficient (Wildman–Crippen LogP) is 4.85. The number of aldehydes is 1. The Morgan fingerprint density at radius 3 is 2.29 bits per heavy atom. The normalized spacial score (nSPS) is 14.9. The van der Waals surface area contributed by atoms with Crippen LogP contribution in [0.1, 0.15) is 47.1 Å². The number of halogens is 1. The zero-order valence-electron chi connectivity index (χ0n) is 18.3. The Morgan fingerprint density at radius 2 is 1.82 bits per heavy atom. The lowest BCUT2D eigenvalue weighted by molar-refractivity contribution is -0.115. The van der Waals surface area contributed by atoms with Crippen LogP contribution in [0.2, 0.25) is 18.1 Å². The van der Waals surface area contributed by atoms with Crippen molar-refractivity contribution in [2.45, 2.75) is 83.8 Å². The standard InChI is InChI=1S/C21H34FNO4Si/c1-20(2,3)26-19(25)23-17(13-15-10-9-11-16(22)12-15)18(14-24)27-28(7,8)21(4,5)6/h9-12,14,17-18H,13H2,1-8H3,(H,23,25)/t17-,18+/m0/s1. The van der Waals surface area contributed by atoms with Crippen molar-refractivity contribution in [2.75, 3.05) is 0 Å². The summed E-state index contributed by atoms with van der Waals surface area (Å²) in [6.07, 6.45) is -0.548. The average Bonchev–Trinajstić information content (AvgIpc) is 2.49. The van der Waals surface area contributed by atoms with Crippen LogP contribution in [0.5, 0.6) is 0 Å². The van der Waals surface area contributed by atoms with Gasteiger partial charge in [-0.2, -0.15) is 0 Å². The fourth-order valence-electron chi connectivity index (χ4n) is 2.35. The van der Waals surface area contributed by atoms with E-state index in [0.717, 1.165) is 0 Å². The van der Waals surface area contributed by atoms with Gasteiger partial charge in [0.05, 0.1) is 6.04 Å². The van der Waals surface area contributed by atoms with Crippen molar-refractivity contribution in [2.24, 2.45) is 0 Å². The summed E-state index contributed by atoms with van der Waals surface area (Å²) in [4.78, 5) is 24.2. The number of hydrogen-bond donors (Lipinski definition) is 1. The zero-order chi connectivity index (χ0) is 21.8. The summed E-state index contributed by atoms with van der Waals surface area (Å²) in [6, 6.07) is 5.41. The first-order chi connectivity index (χ1) is 12.6. The van der Waals surface area contributed by atoms with Gasteiger partial charge in [-0.1, -0.05) is 32.9 Å². The maximum Gasteiger partial charge on any atom is 0.407 e. The van der Waals surface area contributed by atoms with E-state index in [1.54, 1.807) is 32.9 Å². The Labute approximate surface area is 169 Å². The number of ether oxygens (including phenoxy) is 1. The third kappa shape index (κ3) is 7.71. The molecule has 0 spiro atoms. The molecule has 0 aliphatic rings. The Kier molecular flexibility index (Phi) is 7.97. The second-order valence-electron chi connectivity index (χ2n) is 9.57. The number of benzene rings is 1. The van der Waals surface area contributed by atoms with Gasteiger partial charge in [-0.3, -0.25) is 0 Å². The van der Waals surface area contributed by atoms with E-state index < -0.39 is 32.2 Å². The summed E-state index contributed by atoms with van der Waals surface area (Å²) < 4.78 is 25.2. The van der Waals surface area contributed by atoms with E-state index in [4.69, 9.17) is 9.16 Å². The van der Waals surface area contributed by atoms with Crippen LogP contribution < -0.4 is 5.32 Å². The molecule has 0 bridgehead atoms.